The Morgan fingerprint density at radius 3 is 2.89 bits per heavy atom. The number of anilines is 1. The molecule has 2 aromatic rings. The van der Waals surface area contributed by atoms with E-state index in [0.717, 1.165) is 29.4 Å². The molecule has 4 nitrogen and oxygen atoms in total. The zero-order valence-corrected chi connectivity index (χ0v) is 10.4. The molecule has 1 saturated carbocycles. The summed E-state index contributed by atoms with van der Waals surface area (Å²) >= 11 is 0. The number of aromatic amines is 1. The van der Waals surface area contributed by atoms with Gasteiger partial charge in [-0.05, 0) is 37.8 Å². The fourth-order valence-electron chi connectivity index (χ4n) is 1.98. The van der Waals surface area contributed by atoms with Gasteiger partial charge in [-0.3, -0.25) is 5.10 Å². The highest BCUT2D eigenvalue weighted by molar-refractivity contribution is 5.78. The summed E-state index contributed by atoms with van der Waals surface area (Å²) in [6.45, 7) is 2.86. The molecule has 0 radical (unpaired) electrons. The van der Waals surface area contributed by atoms with E-state index >= 15 is 0 Å². The standard InChI is InChI=1S/C14H17N3O/c1-9-2-5-13(18-8-10-3-4-10)11(6-9)12-7-16-17-14(12)15/h2,5-7,10H,3-4,8H2,1H3,(H3,15,16,17). The van der Waals surface area contributed by atoms with Gasteiger partial charge in [0.1, 0.15) is 11.6 Å². The Morgan fingerprint density at radius 2 is 2.22 bits per heavy atom. The van der Waals surface area contributed by atoms with E-state index < -0.39 is 0 Å². The predicted molar refractivity (Wildman–Crippen MR) is 71.4 cm³/mol. The maximum Gasteiger partial charge on any atom is 0.127 e. The molecule has 1 aliphatic carbocycles. The van der Waals surface area contributed by atoms with Crippen molar-refractivity contribution in [2.75, 3.05) is 12.3 Å². The van der Waals surface area contributed by atoms with Gasteiger partial charge in [0.15, 0.2) is 0 Å². The van der Waals surface area contributed by atoms with Crippen molar-refractivity contribution in [3.63, 3.8) is 0 Å². The Balaban J connectivity index is 1.94. The van der Waals surface area contributed by atoms with Gasteiger partial charge in [0.05, 0.1) is 12.8 Å². The van der Waals surface area contributed by atoms with Gasteiger partial charge in [-0.15, -0.1) is 0 Å². The van der Waals surface area contributed by atoms with E-state index in [2.05, 4.69) is 29.3 Å². The smallest absolute Gasteiger partial charge is 0.127 e. The summed E-state index contributed by atoms with van der Waals surface area (Å²) in [4.78, 5) is 0. The van der Waals surface area contributed by atoms with Crippen LogP contribution >= 0.6 is 0 Å². The molecule has 1 heterocycles. The van der Waals surface area contributed by atoms with Crippen molar-refractivity contribution < 1.29 is 4.74 Å². The molecule has 0 atom stereocenters. The van der Waals surface area contributed by atoms with Gasteiger partial charge in [-0.2, -0.15) is 5.10 Å². The van der Waals surface area contributed by atoms with E-state index in [9.17, 15) is 0 Å². The second-order valence-corrected chi connectivity index (χ2v) is 4.95. The number of aromatic nitrogens is 2. The molecular formula is C14H17N3O. The number of ether oxygens (including phenoxy) is 1. The lowest BCUT2D eigenvalue weighted by Crippen LogP contribution is -2.01. The molecule has 3 N–H and O–H groups in total. The molecule has 0 bridgehead atoms. The molecule has 0 unspecified atom stereocenters. The van der Waals surface area contributed by atoms with Crippen LogP contribution in [0, 0.1) is 12.8 Å². The summed E-state index contributed by atoms with van der Waals surface area (Å²) in [5.41, 5.74) is 8.99. The third kappa shape index (κ3) is 2.18. The van der Waals surface area contributed by atoms with Crippen molar-refractivity contribution in [2.24, 2.45) is 5.92 Å². The number of H-pyrrole nitrogens is 1. The van der Waals surface area contributed by atoms with Crippen molar-refractivity contribution in [2.45, 2.75) is 19.8 Å². The normalized spacial score (nSPS) is 14.7. The van der Waals surface area contributed by atoms with Gasteiger partial charge in [-0.1, -0.05) is 11.6 Å². The molecule has 0 aliphatic heterocycles. The SMILES string of the molecule is Cc1ccc(OCC2CC2)c(-c2cn[nH]c2N)c1. The first-order valence-electron chi connectivity index (χ1n) is 6.26. The summed E-state index contributed by atoms with van der Waals surface area (Å²) in [5.74, 6) is 2.21. The topological polar surface area (TPSA) is 63.9 Å². The number of nitrogen functional groups attached to an aromatic ring is 1. The molecule has 0 spiro atoms. The Labute approximate surface area is 106 Å². The maximum absolute atomic E-state index is 5.90. The summed E-state index contributed by atoms with van der Waals surface area (Å²) in [6, 6.07) is 6.16. The number of benzene rings is 1. The monoisotopic (exact) mass is 243 g/mol. The molecule has 3 rings (SSSR count). The maximum atomic E-state index is 5.90. The number of hydrogen-bond acceptors (Lipinski definition) is 3. The molecule has 0 amide bonds. The highest BCUT2D eigenvalue weighted by atomic mass is 16.5. The van der Waals surface area contributed by atoms with Crippen LogP contribution in [0.4, 0.5) is 5.82 Å². The third-order valence-corrected chi connectivity index (χ3v) is 3.27. The zero-order chi connectivity index (χ0) is 12.5. The number of rotatable bonds is 4. The number of nitrogens with one attached hydrogen (secondary N) is 1. The molecule has 94 valence electrons. The van der Waals surface area contributed by atoms with Gasteiger partial charge in [0.25, 0.3) is 0 Å². The average Bonchev–Trinajstić information content (AvgIpc) is 3.09. The van der Waals surface area contributed by atoms with E-state index in [-0.39, 0.29) is 0 Å². The van der Waals surface area contributed by atoms with Crippen molar-refractivity contribution in [3.05, 3.63) is 30.0 Å². The Bertz CT molecular complexity index is 558. The van der Waals surface area contributed by atoms with Crippen molar-refractivity contribution in [1.82, 2.24) is 10.2 Å². The van der Waals surface area contributed by atoms with Crippen LogP contribution in [0.15, 0.2) is 24.4 Å². The fourth-order valence-corrected chi connectivity index (χ4v) is 1.98. The first-order valence-corrected chi connectivity index (χ1v) is 6.26. The molecule has 18 heavy (non-hydrogen) atoms. The van der Waals surface area contributed by atoms with Crippen LogP contribution in [0.25, 0.3) is 11.1 Å². The van der Waals surface area contributed by atoms with E-state index in [1.807, 2.05) is 6.07 Å². The number of nitrogens with zero attached hydrogens (tertiary/aromatic N) is 1. The van der Waals surface area contributed by atoms with Gasteiger partial charge >= 0.3 is 0 Å². The summed E-state index contributed by atoms with van der Waals surface area (Å²) < 4.78 is 5.90. The molecule has 0 saturated heterocycles. The summed E-state index contributed by atoms with van der Waals surface area (Å²) in [6.07, 6.45) is 4.32. The number of aryl methyl sites for hydroxylation is 1. The molecule has 1 aromatic heterocycles. The van der Waals surface area contributed by atoms with Gasteiger partial charge in [-0.25, -0.2) is 0 Å². The van der Waals surface area contributed by atoms with Crippen LogP contribution in [0.3, 0.4) is 0 Å². The van der Waals surface area contributed by atoms with Crippen molar-refractivity contribution in [3.8, 4) is 16.9 Å². The van der Waals surface area contributed by atoms with Crippen LogP contribution in [-0.2, 0) is 0 Å². The van der Waals surface area contributed by atoms with Crippen LogP contribution in [-0.4, -0.2) is 16.8 Å². The second-order valence-electron chi connectivity index (χ2n) is 4.95. The van der Waals surface area contributed by atoms with Crippen LogP contribution in [0.1, 0.15) is 18.4 Å². The lowest BCUT2D eigenvalue weighted by Gasteiger charge is -2.11. The minimum absolute atomic E-state index is 0.580. The predicted octanol–water partition coefficient (Wildman–Crippen LogP) is 2.76. The van der Waals surface area contributed by atoms with Crippen LogP contribution < -0.4 is 10.5 Å². The highest BCUT2D eigenvalue weighted by Crippen LogP contribution is 2.35. The number of nitrogens with two attached hydrogens (primary N) is 1. The Morgan fingerprint density at radius 1 is 1.39 bits per heavy atom. The van der Waals surface area contributed by atoms with Crippen LogP contribution in [0.2, 0.25) is 0 Å². The second kappa shape index (κ2) is 4.37. The third-order valence-electron chi connectivity index (χ3n) is 3.27. The van der Waals surface area contributed by atoms with Gasteiger partial charge in [0.2, 0.25) is 0 Å². The first-order chi connectivity index (χ1) is 8.74. The minimum atomic E-state index is 0.580. The van der Waals surface area contributed by atoms with Gasteiger partial charge in [0, 0.05) is 11.1 Å². The average molecular weight is 243 g/mol. The fraction of sp³-hybridized carbons (Fsp3) is 0.357. The van der Waals surface area contributed by atoms with Crippen molar-refractivity contribution >= 4 is 5.82 Å². The lowest BCUT2D eigenvalue weighted by atomic mass is 10.0. The lowest BCUT2D eigenvalue weighted by molar-refractivity contribution is 0.301. The van der Waals surface area contributed by atoms with Crippen molar-refractivity contribution in [1.29, 1.82) is 0 Å². The molecule has 1 fully saturated rings. The zero-order valence-electron chi connectivity index (χ0n) is 10.4. The van der Waals surface area contributed by atoms with E-state index in [4.69, 9.17) is 10.5 Å². The molecule has 4 heteroatoms. The Hall–Kier alpha value is -1.97. The van der Waals surface area contributed by atoms with E-state index in [1.54, 1.807) is 6.20 Å². The Kier molecular flexibility index (Phi) is 2.70. The molecule has 1 aromatic carbocycles. The number of hydrogen-bond donors (Lipinski definition) is 2. The first kappa shape index (κ1) is 11.1. The minimum Gasteiger partial charge on any atom is -0.493 e. The molecule has 1 aliphatic rings. The highest BCUT2D eigenvalue weighted by Gasteiger charge is 2.22. The summed E-state index contributed by atoms with van der Waals surface area (Å²) in [7, 11) is 0. The quantitative estimate of drug-likeness (QED) is 0.867. The van der Waals surface area contributed by atoms with Crippen LogP contribution in [0.5, 0.6) is 5.75 Å². The van der Waals surface area contributed by atoms with Gasteiger partial charge < -0.3 is 10.5 Å². The summed E-state index contributed by atoms with van der Waals surface area (Å²) in [5, 5.41) is 6.73. The molecular weight excluding hydrogens is 226 g/mol. The van der Waals surface area contributed by atoms with E-state index in [0.29, 0.717) is 5.82 Å². The van der Waals surface area contributed by atoms with E-state index in [1.165, 1.54) is 18.4 Å². The largest absolute Gasteiger partial charge is 0.493 e.